The zero-order valence-electron chi connectivity index (χ0n) is 10.1. The SMILES string of the molecule is O=C(O)C1CN(C(=O)[C@@H]2COc3ccccc3O2)C1. The van der Waals surface area contributed by atoms with Gasteiger partial charge in [0, 0.05) is 13.1 Å². The van der Waals surface area contributed by atoms with Gasteiger partial charge < -0.3 is 19.5 Å². The van der Waals surface area contributed by atoms with E-state index >= 15 is 0 Å². The van der Waals surface area contributed by atoms with Gasteiger partial charge in [0.1, 0.15) is 6.61 Å². The maximum absolute atomic E-state index is 12.1. The molecule has 0 radical (unpaired) electrons. The van der Waals surface area contributed by atoms with Crippen molar-refractivity contribution < 1.29 is 24.2 Å². The summed E-state index contributed by atoms with van der Waals surface area (Å²) in [6, 6.07) is 7.15. The van der Waals surface area contributed by atoms with E-state index < -0.39 is 18.0 Å². The number of para-hydroxylation sites is 2. The number of carbonyl (C=O) groups excluding carboxylic acids is 1. The normalized spacial score (nSPS) is 21.7. The van der Waals surface area contributed by atoms with Crippen molar-refractivity contribution in [3.63, 3.8) is 0 Å². The molecule has 2 heterocycles. The standard InChI is InChI=1S/C13H13NO5/c15-12(14-5-8(6-14)13(16)17)11-7-18-9-3-1-2-4-10(9)19-11/h1-4,8,11H,5-7H2,(H,16,17)/t11-/m0/s1. The van der Waals surface area contributed by atoms with Gasteiger partial charge in [0.2, 0.25) is 6.10 Å². The number of carboxylic acid groups (broad SMARTS) is 1. The minimum atomic E-state index is -0.866. The summed E-state index contributed by atoms with van der Waals surface area (Å²) in [7, 11) is 0. The lowest BCUT2D eigenvalue weighted by Crippen LogP contribution is -2.58. The van der Waals surface area contributed by atoms with Gasteiger partial charge in [-0.2, -0.15) is 0 Å². The lowest BCUT2D eigenvalue weighted by molar-refractivity contribution is -0.157. The van der Waals surface area contributed by atoms with Crippen molar-refractivity contribution in [3.05, 3.63) is 24.3 Å². The number of nitrogens with zero attached hydrogens (tertiary/aromatic N) is 1. The number of ether oxygens (including phenoxy) is 2. The first-order valence-corrected chi connectivity index (χ1v) is 6.05. The number of carboxylic acids is 1. The molecule has 0 unspecified atom stereocenters. The number of fused-ring (bicyclic) bond motifs is 1. The number of amides is 1. The molecule has 1 amide bonds. The third kappa shape index (κ3) is 2.09. The van der Waals surface area contributed by atoms with Crippen LogP contribution in [0.5, 0.6) is 11.5 Å². The van der Waals surface area contributed by atoms with Crippen LogP contribution in [0.25, 0.3) is 0 Å². The Kier molecular flexibility index (Phi) is 2.77. The molecule has 1 aromatic carbocycles. The molecule has 1 N–H and O–H groups in total. The molecule has 2 aliphatic heterocycles. The van der Waals surface area contributed by atoms with Gasteiger partial charge in [-0.1, -0.05) is 12.1 Å². The molecular weight excluding hydrogens is 250 g/mol. The van der Waals surface area contributed by atoms with Crippen molar-refractivity contribution in [2.24, 2.45) is 5.92 Å². The number of hydrogen-bond acceptors (Lipinski definition) is 4. The maximum Gasteiger partial charge on any atom is 0.310 e. The first kappa shape index (κ1) is 11.8. The van der Waals surface area contributed by atoms with E-state index in [0.717, 1.165) is 0 Å². The van der Waals surface area contributed by atoms with Crippen molar-refractivity contribution in [1.82, 2.24) is 4.90 Å². The van der Waals surface area contributed by atoms with Crippen molar-refractivity contribution in [2.75, 3.05) is 19.7 Å². The van der Waals surface area contributed by atoms with Crippen molar-refractivity contribution in [1.29, 1.82) is 0 Å². The van der Waals surface area contributed by atoms with E-state index in [0.29, 0.717) is 11.5 Å². The molecular formula is C13H13NO5. The maximum atomic E-state index is 12.1. The van der Waals surface area contributed by atoms with E-state index in [1.54, 1.807) is 18.2 Å². The van der Waals surface area contributed by atoms with Crippen LogP contribution in [0, 0.1) is 5.92 Å². The molecule has 2 aliphatic rings. The van der Waals surface area contributed by atoms with Crippen LogP contribution in [-0.4, -0.2) is 47.7 Å². The predicted molar refractivity (Wildman–Crippen MR) is 64.1 cm³/mol. The molecule has 0 spiro atoms. The molecule has 0 saturated carbocycles. The lowest BCUT2D eigenvalue weighted by atomic mass is 10.00. The van der Waals surface area contributed by atoms with Gasteiger partial charge in [-0.05, 0) is 12.1 Å². The van der Waals surface area contributed by atoms with Crippen LogP contribution in [0.4, 0.5) is 0 Å². The summed E-state index contributed by atoms with van der Waals surface area (Å²) in [5.41, 5.74) is 0. The molecule has 3 rings (SSSR count). The number of benzene rings is 1. The highest BCUT2D eigenvalue weighted by atomic mass is 16.6. The second-order valence-corrected chi connectivity index (χ2v) is 4.64. The largest absolute Gasteiger partial charge is 0.485 e. The quantitative estimate of drug-likeness (QED) is 0.834. The van der Waals surface area contributed by atoms with Crippen LogP contribution in [0.3, 0.4) is 0 Å². The van der Waals surface area contributed by atoms with Crippen LogP contribution < -0.4 is 9.47 Å². The van der Waals surface area contributed by atoms with Gasteiger partial charge in [0.25, 0.3) is 5.91 Å². The average Bonchev–Trinajstić information content (AvgIpc) is 2.35. The molecule has 6 heteroatoms. The molecule has 0 aliphatic carbocycles. The highest BCUT2D eigenvalue weighted by Crippen LogP contribution is 2.31. The number of hydrogen-bond donors (Lipinski definition) is 1. The molecule has 19 heavy (non-hydrogen) atoms. The van der Waals surface area contributed by atoms with Gasteiger partial charge >= 0.3 is 5.97 Å². The summed E-state index contributed by atoms with van der Waals surface area (Å²) in [6.07, 6.45) is -0.690. The summed E-state index contributed by atoms with van der Waals surface area (Å²) in [5, 5.41) is 8.78. The van der Waals surface area contributed by atoms with Crippen molar-refractivity contribution in [2.45, 2.75) is 6.10 Å². The summed E-state index contributed by atoms with van der Waals surface area (Å²) in [6.45, 7) is 0.648. The Morgan fingerprint density at radius 1 is 1.21 bits per heavy atom. The molecule has 100 valence electrons. The Hall–Kier alpha value is -2.24. The molecule has 0 aromatic heterocycles. The molecule has 1 saturated heterocycles. The fourth-order valence-electron chi connectivity index (χ4n) is 2.16. The van der Waals surface area contributed by atoms with E-state index in [-0.39, 0.29) is 25.6 Å². The minimum Gasteiger partial charge on any atom is -0.485 e. The number of likely N-dealkylation sites (tertiary alicyclic amines) is 1. The van der Waals surface area contributed by atoms with E-state index in [1.165, 1.54) is 4.90 Å². The number of rotatable bonds is 2. The highest BCUT2D eigenvalue weighted by Gasteiger charge is 2.40. The fraction of sp³-hybridized carbons (Fsp3) is 0.385. The third-order valence-corrected chi connectivity index (χ3v) is 3.33. The third-order valence-electron chi connectivity index (χ3n) is 3.33. The summed E-state index contributed by atoms with van der Waals surface area (Å²) < 4.78 is 11.0. The fourth-order valence-corrected chi connectivity index (χ4v) is 2.16. The van der Waals surface area contributed by atoms with E-state index in [4.69, 9.17) is 14.6 Å². The predicted octanol–water partition coefficient (Wildman–Crippen LogP) is 0.369. The summed E-state index contributed by atoms with van der Waals surface area (Å²) in [4.78, 5) is 24.3. The molecule has 1 atom stereocenters. The van der Waals surface area contributed by atoms with Gasteiger partial charge in [0.05, 0.1) is 5.92 Å². The Labute approximate surface area is 109 Å². The molecule has 6 nitrogen and oxygen atoms in total. The van der Waals surface area contributed by atoms with Gasteiger partial charge in [-0.15, -0.1) is 0 Å². The van der Waals surface area contributed by atoms with Crippen LogP contribution >= 0.6 is 0 Å². The number of aliphatic carboxylic acids is 1. The topological polar surface area (TPSA) is 76.1 Å². The highest BCUT2D eigenvalue weighted by molar-refractivity contribution is 5.85. The Bertz CT molecular complexity index is 524. The van der Waals surface area contributed by atoms with Gasteiger partial charge in [0.15, 0.2) is 11.5 Å². The van der Waals surface area contributed by atoms with Crippen LogP contribution in [0.1, 0.15) is 0 Å². The van der Waals surface area contributed by atoms with E-state index in [1.807, 2.05) is 6.07 Å². The summed E-state index contributed by atoms with van der Waals surface area (Å²) >= 11 is 0. The first-order valence-electron chi connectivity index (χ1n) is 6.05. The minimum absolute atomic E-state index is 0.157. The van der Waals surface area contributed by atoms with Crippen LogP contribution in [0.2, 0.25) is 0 Å². The van der Waals surface area contributed by atoms with E-state index in [9.17, 15) is 9.59 Å². The zero-order valence-corrected chi connectivity index (χ0v) is 10.1. The van der Waals surface area contributed by atoms with Crippen LogP contribution in [0.15, 0.2) is 24.3 Å². The average molecular weight is 263 g/mol. The second kappa shape index (κ2) is 4.46. The monoisotopic (exact) mass is 263 g/mol. The Balaban J connectivity index is 1.63. The van der Waals surface area contributed by atoms with E-state index in [2.05, 4.69) is 0 Å². The lowest BCUT2D eigenvalue weighted by Gasteiger charge is -2.39. The molecule has 1 fully saturated rings. The Morgan fingerprint density at radius 2 is 1.89 bits per heavy atom. The molecule has 1 aromatic rings. The summed E-state index contributed by atoms with van der Waals surface area (Å²) in [5.74, 6) is -0.371. The number of carbonyl (C=O) groups is 2. The second-order valence-electron chi connectivity index (χ2n) is 4.64. The van der Waals surface area contributed by atoms with Gasteiger partial charge in [-0.3, -0.25) is 9.59 Å². The molecule has 0 bridgehead atoms. The smallest absolute Gasteiger partial charge is 0.310 e. The van der Waals surface area contributed by atoms with Crippen molar-refractivity contribution in [3.8, 4) is 11.5 Å². The Morgan fingerprint density at radius 3 is 2.58 bits per heavy atom. The van der Waals surface area contributed by atoms with Crippen LogP contribution in [-0.2, 0) is 9.59 Å². The van der Waals surface area contributed by atoms with Gasteiger partial charge in [-0.25, -0.2) is 0 Å². The first-order chi connectivity index (χ1) is 9.15. The van der Waals surface area contributed by atoms with Crippen molar-refractivity contribution >= 4 is 11.9 Å². The zero-order chi connectivity index (χ0) is 13.4.